The van der Waals surface area contributed by atoms with Crippen molar-refractivity contribution in [3.05, 3.63) is 11.9 Å². The lowest BCUT2D eigenvalue weighted by atomic mass is 9.91. The number of likely N-dealkylation sites (N-methyl/N-ethyl adjacent to an activating group) is 1. The van der Waals surface area contributed by atoms with Gasteiger partial charge in [0, 0.05) is 6.54 Å². The summed E-state index contributed by atoms with van der Waals surface area (Å²) in [4.78, 5) is 2.07. The molecular weight excluding hydrogens is 259 g/mol. The largest absolute Gasteiger partial charge is 0.493 e. The molecule has 114 valence electrons. The number of ether oxygens (including phenoxy) is 1. The Morgan fingerprint density at radius 2 is 2.20 bits per heavy atom. The van der Waals surface area contributed by atoms with E-state index in [-0.39, 0.29) is 5.92 Å². The number of methoxy groups -OCH3 is 1. The van der Waals surface area contributed by atoms with Gasteiger partial charge in [0.1, 0.15) is 11.9 Å². The summed E-state index contributed by atoms with van der Waals surface area (Å²) in [5.41, 5.74) is 0.598. The van der Waals surface area contributed by atoms with Crippen LogP contribution in [0.3, 0.4) is 0 Å². The lowest BCUT2D eigenvalue weighted by molar-refractivity contribution is 0.174. The SMILES string of the molecule is COc1cnn(CCN(C)C)c1C(F)C1CCNCC1. The fourth-order valence-electron chi connectivity index (χ4n) is 2.65. The Kier molecular flexibility index (Phi) is 5.37. The summed E-state index contributed by atoms with van der Waals surface area (Å²) in [5.74, 6) is 0.620. The molecule has 0 aliphatic carbocycles. The van der Waals surface area contributed by atoms with Crippen LogP contribution in [0.1, 0.15) is 24.7 Å². The predicted octanol–water partition coefficient (Wildman–Crippen LogP) is 1.46. The Balaban J connectivity index is 2.16. The molecule has 1 unspecified atom stereocenters. The van der Waals surface area contributed by atoms with E-state index in [1.807, 2.05) is 14.1 Å². The predicted molar refractivity (Wildman–Crippen MR) is 76.8 cm³/mol. The van der Waals surface area contributed by atoms with Crippen molar-refractivity contribution in [2.45, 2.75) is 25.6 Å². The van der Waals surface area contributed by atoms with E-state index in [9.17, 15) is 4.39 Å². The van der Waals surface area contributed by atoms with E-state index < -0.39 is 6.17 Å². The maximum atomic E-state index is 14.9. The number of hydrogen-bond donors (Lipinski definition) is 1. The van der Waals surface area contributed by atoms with Crippen LogP contribution in [0, 0.1) is 5.92 Å². The number of nitrogens with one attached hydrogen (secondary N) is 1. The fourth-order valence-corrected chi connectivity index (χ4v) is 2.65. The number of nitrogens with zero attached hydrogens (tertiary/aromatic N) is 3. The lowest BCUT2D eigenvalue weighted by Crippen LogP contribution is -2.31. The van der Waals surface area contributed by atoms with Gasteiger partial charge in [-0.3, -0.25) is 4.68 Å². The van der Waals surface area contributed by atoms with Gasteiger partial charge in [0.05, 0.1) is 19.9 Å². The van der Waals surface area contributed by atoms with Crippen LogP contribution < -0.4 is 10.1 Å². The summed E-state index contributed by atoms with van der Waals surface area (Å²) in [6.45, 7) is 3.28. The number of halogens is 1. The van der Waals surface area contributed by atoms with E-state index in [0.717, 1.165) is 32.5 Å². The zero-order valence-electron chi connectivity index (χ0n) is 12.6. The first-order valence-electron chi connectivity index (χ1n) is 7.22. The molecular formula is C14H25FN4O. The van der Waals surface area contributed by atoms with Crippen LogP contribution in [0.2, 0.25) is 0 Å². The third kappa shape index (κ3) is 3.49. The number of alkyl halides is 1. The van der Waals surface area contributed by atoms with Gasteiger partial charge in [-0.2, -0.15) is 5.10 Å². The van der Waals surface area contributed by atoms with E-state index in [0.29, 0.717) is 18.0 Å². The molecule has 1 N–H and O–H groups in total. The highest BCUT2D eigenvalue weighted by atomic mass is 19.1. The first-order valence-corrected chi connectivity index (χ1v) is 7.22. The maximum absolute atomic E-state index is 14.9. The van der Waals surface area contributed by atoms with Gasteiger partial charge in [-0.05, 0) is 45.9 Å². The summed E-state index contributed by atoms with van der Waals surface area (Å²) >= 11 is 0. The topological polar surface area (TPSA) is 42.3 Å². The van der Waals surface area contributed by atoms with Crippen molar-refractivity contribution >= 4 is 0 Å². The highest BCUT2D eigenvalue weighted by Gasteiger charge is 2.30. The summed E-state index contributed by atoms with van der Waals surface area (Å²) in [5, 5.41) is 7.56. The molecule has 0 saturated carbocycles. The Bertz CT molecular complexity index is 415. The van der Waals surface area contributed by atoms with Crippen molar-refractivity contribution in [1.82, 2.24) is 20.0 Å². The Morgan fingerprint density at radius 3 is 2.80 bits per heavy atom. The van der Waals surface area contributed by atoms with E-state index in [2.05, 4.69) is 15.3 Å². The summed E-state index contributed by atoms with van der Waals surface area (Å²) < 4.78 is 22.0. The second-order valence-electron chi connectivity index (χ2n) is 5.61. The van der Waals surface area contributed by atoms with Crippen molar-refractivity contribution in [3.63, 3.8) is 0 Å². The molecule has 0 spiro atoms. The number of rotatable bonds is 6. The zero-order valence-corrected chi connectivity index (χ0v) is 12.6. The van der Waals surface area contributed by atoms with Gasteiger partial charge in [-0.1, -0.05) is 0 Å². The number of piperidine rings is 1. The van der Waals surface area contributed by atoms with Gasteiger partial charge >= 0.3 is 0 Å². The van der Waals surface area contributed by atoms with Crippen LogP contribution in [-0.2, 0) is 6.54 Å². The molecule has 1 aromatic heterocycles. The first kappa shape index (κ1) is 15.3. The Hall–Kier alpha value is -1.14. The van der Waals surface area contributed by atoms with Gasteiger partial charge in [0.25, 0.3) is 0 Å². The minimum absolute atomic E-state index is 0.0555. The molecule has 20 heavy (non-hydrogen) atoms. The fraction of sp³-hybridized carbons (Fsp3) is 0.786. The third-order valence-corrected chi connectivity index (χ3v) is 3.88. The Labute approximate surface area is 120 Å². The molecule has 2 heterocycles. The molecule has 0 bridgehead atoms. The van der Waals surface area contributed by atoms with Gasteiger partial charge < -0.3 is 15.0 Å². The molecule has 5 nitrogen and oxygen atoms in total. The maximum Gasteiger partial charge on any atom is 0.162 e. The van der Waals surface area contributed by atoms with E-state index in [1.54, 1.807) is 18.0 Å². The van der Waals surface area contributed by atoms with Gasteiger partial charge in [0.2, 0.25) is 0 Å². The molecule has 1 atom stereocenters. The van der Waals surface area contributed by atoms with Gasteiger partial charge in [0.15, 0.2) is 5.75 Å². The highest BCUT2D eigenvalue weighted by molar-refractivity contribution is 5.28. The standard InChI is InChI=1S/C14H25FN4O/c1-18(2)8-9-19-14(12(20-3)10-17-19)13(15)11-4-6-16-7-5-11/h10-11,13,16H,4-9H2,1-3H3. The summed E-state index contributed by atoms with van der Waals surface area (Å²) in [6.07, 6.45) is 2.35. The number of hydrogen-bond acceptors (Lipinski definition) is 4. The third-order valence-electron chi connectivity index (χ3n) is 3.88. The minimum Gasteiger partial charge on any atom is -0.493 e. The van der Waals surface area contributed by atoms with Crippen molar-refractivity contribution < 1.29 is 9.13 Å². The van der Waals surface area contributed by atoms with Crippen LogP contribution in [0.15, 0.2) is 6.20 Å². The first-order chi connectivity index (χ1) is 9.63. The monoisotopic (exact) mass is 284 g/mol. The molecule has 0 amide bonds. The van der Waals surface area contributed by atoms with Crippen LogP contribution in [0.5, 0.6) is 5.75 Å². The van der Waals surface area contributed by atoms with E-state index in [1.165, 1.54) is 0 Å². The van der Waals surface area contributed by atoms with Crippen molar-refractivity contribution in [3.8, 4) is 5.75 Å². The normalized spacial score (nSPS) is 18.4. The molecule has 2 rings (SSSR count). The van der Waals surface area contributed by atoms with Crippen LogP contribution in [-0.4, -0.2) is 55.5 Å². The quantitative estimate of drug-likeness (QED) is 0.859. The van der Waals surface area contributed by atoms with E-state index >= 15 is 0 Å². The second-order valence-corrected chi connectivity index (χ2v) is 5.61. The van der Waals surface area contributed by atoms with Crippen molar-refractivity contribution in [2.24, 2.45) is 5.92 Å². The summed E-state index contributed by atoms with van der Waals surface area (Å²) in [7, 11) is 5.58. The molecule has 1 aliphatic rings. The molecule has 1 aromatic rings. The second kappa shape index (κ2) is 7.04. The number of aromatic nitrogens is 2. The van der Waals surface area contributed by atoms with Gasteiger partial charge in [-0.25, -0.2) is 4.39 Å². The van der Waals surface area contributed by atoms with E-state index in [4.69, 9.17) is 4.74 Å². The van der Waals surface area contributed by atoms with Crippen LogP contribution in [0.4, 0.5) is 4.39 Å². The van der Waals surface area contributed by atoms with Crippen LogP contribution >= 0.6 is 0 Å². The molecule has 1 fully saturated rings. The molecule has 6 heteroatoms. The molecule has 1 aliphatic heterocycles. The average molecular weight is 284 g/mol. The van der Waals surface area contributed by atoms with Crippen molar-refractivity contribution in [1.29, 1.82) is 0 Å². The minimum atomic E-state index is -1.00. The summed E-state index contributed by atoms with van der Waals surface area (Å²) in [6, 6.07) is 0. The highest BCUT2D eigenvalue weighted by Crippen LogP contribution is 2.37. The van der Waals surface area contributed by atoms with Crippen LogP contribution in [0.25, 0.3) is 0 Å². The average Bonchev–Trinajstić information content (AvgIpc) is 2.88. The molecule has 1 saturated heterocycles. The zero-order chi connectivity index (χ0) is 14.5. The van der Waals surface area contributed by atoms with Gasteiger partial charge in [-0.15, -0.1) is 0 Å². The lowest BCUT2D eigenvalue weighted by Gasteiger charge is -2.26. The molecule has 0 aromatic carbocycles. The smallest absolute Gasteiger partial charge is 0.162 e. The molecule has 0 radical (unpaired) electrons. The Morgan fingerprint density at radius 1 is 1.50 bits per heavy atom. The van der Waals surface area contributed by atoms with Crippen molar-refractivity contribution in [2.75, 3.05) is 40.8 Å².